The number of carbonyl (C=O) groups excluding carboxylic acids is 2. The zero-order valence-electron chi connectivity index (χ0n) is 28.4. The number of fused-ring (bicyclic) bond motifs is 2. The molecule has 0 aromatic heterocycles. The van der Waals surface area contributed by atoms with E-state index in [1.165, 1.54) is 0 Å². The first kappa shape index (κ1) is 36.8. The Morgan fingerprint density at radius 1 is 1.19 bits per heavy atom. The fraction of sp³-hybridized carbons (Fsp3) is 0.886. The van der Waals surface area contributed by atoms with Crippen LogP contribution in [-0.2, 0) is 23.8 Å². The maximum absolute atomic E-state index is 13.7. The molecule has 3 aliphatic heterocycles. The minimum absolute atomic E-state index is 0.0177. The van der Waals surface area contributed by atoms with Crippen molar-refractivity contribution in [3.8, 4) is 0 Å². The van der Waals surface area contributed by atoms with Crippen LogP contribution in [0.1, 0.15) is 78.6 Å². The van der Waals surface area contributed by atoms with Gasteiger partial charge in [-0.15, -0.1) is 0 Å². The lowest BCUT2D eigenvalue weighted by Gasteiger charge is -2.60. The molecule has 14 atom stereocenters. The van der Waals surface area contributed by atoms with Gasteiger partial charge in [-0.3, -0.25) is 4.79 Å². The third-order valence-electron chi connectivity index (χ3n) is 12.1. The van der Waals surface area contributed by atoms with E-state index in [4.69, 9.17) is 19.9 Å². The highest BCUT2D eigenvalue weighted by Gasteiger charge is 2.64. The molecule has 12 nitrogen and oxygen atoms in total. The number of rotatable bonds is 11. The highest BCUT2D eigenvalue weighted by Crippen LogP contribution is 2.54. The molecule has 0 spiro atoms. The van der Waals surface area contributed by atoms with Gasteiger partial charge in [0.15, 0.2) is 0 Å². The molecule has 47 heavy (non-hydrogen) atoms. The zero-order valence-corrected chi connectivity index (χ0v) is 28.4. The molecule has 2 aliphatic carbocycles. The number of allylic oxidation sites excluding steroid dienone is 1. The number of Topliss-reactive ketones (excluding diaryl/α,β-unsaturated/α-hetero) is 1. The SMILES string of the molecule is CC=C(CNCC)C(=O)OC1CC2C(O)C3C(=O)CC(CO)OC3C(C3CCCC(O)C3)C2OC1(C)C(CO)CC1CCC(N)NC1. The van der Waals surface area contributed by atoms with Gasteiger partial charge in [-0.25, -0.2) is 4.79 Å². The minimum atomic E-state index is -1.13. The standard InChI is InChI=1S/C35H59N3O9/c1-4-20(16-37-5-2)34(44)46-27-14-25-31(43)30-26(42)13-24(18-40)45-33(30)29(21-7-6-8-23(41)12-21)32(25)47-35(27,3)22(17-39)11-19-9-10-28(36)38-15-19/h4,19,21-25,27-33,37-41,43H,5-18,36H2,1-3H3. The van der Waals surface area contributed by atoms with E-state index in [2.05, 4.69) is 10.6 Å². The summed E-state index contributed by atoms with van der Waals surface area (Å²) in [6, 6.07) is 0. The predicted octanol–water partition coefficient (Wildman–Crippen LogP) is 0.778. The number of ether oxygens (including phenoxy) is 3. The largest absolute Gasteiger partial charge is 0.456 e. The number of ketones is 1. The highest BCUT2D eigenvalue weighted by atomic mass is 16.6. The second-order valence-electron chi connectivity index (χ2n) is 15.0. The molecule has 5 rings (SSSR count). The molecule has 14 unspecified atom stereocenters. The molecule has 0 amide bonds. The molecular weight excluding hydrogens is 606 g/mol. The molecule has 0 bridgehead atoms. The molecular formula is C35H59N3O9. The van der Waals surface area contributed by atoms with Gasteiger partial charge in [0.25, 0.3) is 0 Å². The monoisotopic (exact) mass is 665 g/mol. The van der Waals surface area contributed by atoms with E-state index in [0.29, 0.717) is 44.5 Å². The number of likely N-dealkylation sites (N-methyl/N-ethyl adjacent to an activating group) is 1. The molecule has 3 saturated heterocycles. The van der Waals surface area contributed by atoms with Crippen LogP contribution < -0.4 is 16.4 Å². The summed E-state index contributed by atoms with van der Waals surface area (Å²) in [6.07, 6.45) is 2.81. The van der Waals surface area contributed by atoms with Crippen LogP contribution in [0.3, 0.4) is 0 Å². The Bertz CT molecular complexity index is 1100. The molecule has 3 heterocycles. The van der Waals surface area contributed by atoms with Gasteiger partial charge >= 0.3 is 5.97 Å². The molecule has 0 aromatic carbocycles. The fourth-order valence-electron chi connectivity index (χ4n) is 9.34. The summed E-state index contributed by atoms with van der Waals surface area (Å²) in [5, 5.41) is 50.2. The normalized spacial score (nSPS) is 43.5. The number of aliphatic hydroxyl groups excluding tert-OH is 4. The number of esters is 1. The van der Waals surface area contributed by atoms with E-state index in [1.807, 2.05) is 13.8 Å². The average Bonchev–Trinajstić information content (AvgIpc) is 3.05. The van der Waals surface area contributed by atoms with Crippen molar-refractivity contribution in [2.24, 2.45) is 41.2 Å². The van der Waals surface area contributed by atoms with Crippen molar-refractivity contribution in [1.82, 2.24) is 10.6 Å². The maximum Gasteiger partial charge on any atom is 0.335 e. The second kappa shape index (κ2) is 16.0. The summed E-state index contributed by atoms with van der Waals surface area (Å²) in [7, 11) is 0. The van der Waals surface area contributed by atoms with Crippen LogP contribution >= 0.6 is 0 Å². The topological polar surface area (TPSA) is 193 Å². The lowest BCUT2D eigenvalue weighted by Crippen LogP contribution is -2.70. The molecule has 8 N–H and O–H groups in total. The number of aliphatic hydroxyl groups is 4. The lowest BCUT2D eigenvalue weighted by atomic mass is 9.57. The van der Waals surface area contributed by atoms with Gasteiger partial charge < -0.3 is 51.0 Å². The first-order valence-electron chi connectivity index (χ1n) is 18.0. The van der Waals surface area contributed by atoms with Gasteiger partial charge in [-0.1, -0.05) is 19.4 Å². The van der Waals surface area contributed by atoms with Crippen LogP contribution in [0.15, 0.2) is 11.6 Å². The first-order valence-corrected chi connectivity index (χ1v) is 18.0. The quantitative estimate of drug-likeness (QED) is 0.121. The number of nitrogens with two attached hydrogens (primary N) is 1. The minimum Gasteiger partial charge on any atom is -0.456 e. The van der Waals surface area contributed by atoms with E-state index in [0.717, 1.165) is 25.7 Å². The van der Waals surface area contributed by atoms with Gasteiger partial charge in [0.2, 0.25) is 0 Å². The molecule has 5 fully saturated rings. The van der Waals surface area contributed by atoms with Gasteiger partial charge in [0.1, 0.15) is 17.5 Å². The average molecular weight is 666 g/mol. The summed E-state index contributed by atoms with van der Waals surface area (Å²) in [6.45, 7) is 6.91. The Morgan fingerprint density at radius 2 is 1.98 bits per heavy atom. The van der Waals surface area contributed by atoms with E-state index >= 15 is 0 Å². The lowest BCUT2D eigenvalue weighted by molar-refractivity contribution is -0.303. The molecule has 268 valence electrons. The molecule has 5 aliphatic rings. The number of nitrogens with one attached hydrogen (secondary N) is 2. The van der Waals surface area contributed by atoms with Gasteiger partial charge in [0.05, 0.1) is 49.2 Å². The van der Waals surface area contributed by atoms with Crippen molar-refractivity contribution in [3.63, 3.8) is 0 Å². The molecule has 0 aromatic rings. The van der Waals surface area contributed by atoms with E-state index in [9.17, 15) is 30.0 Å². The first-order chi connectivity index (χ1) is 22.5. The molecule has 0 radical (unpaired) electrons. The van der Waals surface area contributed by atoms with Crippen molar-refractivity contribution in [2.75, 3.05) is 32.8 Å². The Morgan fingerprint density at radius 3 is 2.62 bits per heavy atom. The summed E-state index contributed by atoms with van der Waals surface area (Å²) in [5.41, 5.74) is 5.45. The van der Waals surface area contributed by atoms with Crippen LogP contribution in [0.5, 0.6) is 0 Å². The van der Waals surface area contributed by atoms with Crippen molar-refractivity contribution in [1.29, 1.82) is 0 Å². The van der Waals surface area contributed by atoms with Crippen molar-refractivity contribution < 1.29 is 44.2 Å². The van der Waals surface area contributed by atoms with Crippen LogP contribution in [0.4, 0.5) is 0 Å². The number of carbonyl (C=O) groups is 2. The Hall–Kier alpha value is -1.48. The maximum atomic E-state index is 13.7. The third-order valence-corrected chi connectivity index (χ3v) is 12.1. The predicted molar refractivity (Wildman–Crippen MR) is 174 cm³/mol. The van der Waals surface area contributed by atoms with Gasteiger partial charge in [-0.2, -0.15) is 0 Å². The molecule has 12 heteroatoms. The van der Waals surface area contributed by atoms with Crippen LogP contribution in [-0.4, -0.2) is 113 Å². The molecule has 2 saturated carbocycles. The highest BCUT2D eigenvalue weighted by molar-refractivity contribution is 5.89. The van der Waals surface area contributed by atoms with Crippen molar-refractivity contribution in [3.05, 3.63) is 11.6 Å². The van der Waals surface area contributed by atoms with Crippen molar-refractivity contribution >= 4 is 11.8 Å². The van der Waals surface area contributed by atoms with E-state index in [-0.39, 0.29) is 55.8 Å². The van der Waals surface area contributed by atoms with Crippen LogP contribution in [0, 0.1) is 35.5 Å². The Labute approximate surface area is 279 Å². The summed E-state index contributed by atoms with van der Waals surface area (Å²) >= 11 is 0. The zero-order chi connectivity index (χ0) is 33.9. The van der Waals surface area contributed by atoms with Gasteiger partial charge in [0, 0.05) is 42.9 Å². The number of hydrogen-bond acceptors (Lipinski definition) is 12. The number of piperidine rings is 1. The van der Waals surface area contributed by atoms with Gasteiger partial charge in [-0.05, 0) is 83.7 Å². The Kier molecular flexibility index (Phi) is 12.6. The van der Waals surface area contributed by atoms with E-state index < -0.39 is 65.9 Å². The number of hydrogen-bond donors (Lipinski definition) is 7. The van der Waals surface area contributed by atoms with E-state index in [1.54, 1.807) is 13.0 Å². The summed E-state index contributed by atoms with van der Waals surface area (Å²) < 4.78 is 20.0. The Balaban J connectivity index is 1.52. The summed E-state index contributed by atoms with van der Waals surface area (Å²) in [5.74, 6) is -2.52. The second-order valence-corrected chi connectivity index (χ2v) is 15.0. The van der Waals surface area contributed by atoms with Crippen LogP contribution in [0.25, 0.3) is 0 Å². The fourth-order valence-corrected chi connectivity index (χ4v) is 9.34. The third kappa shape index (κ3) is 7.81. The van der Waals surface area contributed by atoms with Crippen molar-refractivity contribution in [2.45, 2.75) is 127 Å². The smallest absolute Gasteiger partial charge is 0.335 e. The summed E-state index contributed by atoms with van der Waals surface area (Å²) in [4.78, 5) is 27.3. The van der Waals surface area contributed by atoms with Crippen LogP contribution in [0.2, 0.25) is 0 Å².